The van der Waals surface area contributed by atoms with Crippen LogP contribution in [0.5, 0.6) is 5.75 Å². The monoisotopic (exact) mass is 281 g/mol. The van der Waals surface area contributed by atoms with Crippen molar-refractivity contribution in [3.8, 4) is 5.75 Å². The van der Waals surface area contributed by atoms with Crippen LogP contribution in [0.4, 0.5) is 0 Å². The molecule has 2 rings (SSSR count). The third-order valence-corrected chi connectivity index (χ3v) is 3.35. The van der Waals surface area contributed by atoms with E-state index in [0.717, 1.165) is 31.7 Å². The van der Waals surface area contributed by atoms with Crippen molar-refractivity contribution in [2.75, 3.05) is 20.2 Å². The average molecular weight is 281 g/mol. The molecular weight excluding hydrogens is 258 g/mol. The highest BCUT2D eigenvalue weighted by molar-refractivity contribution is 5.48. The van der Waals surface area contributed by atoms with Crippen molar-refractivity contribution >= 4 is 6.08 Å². The molecule has 0 unspecified atom stereocenters. The van der Waals surface area contributed by atoms with Crippen molar-refractivity contribution in [2.45, 2.75) is 12.8 Å². The van der Waals surface area contributed by atoms with E-state index in [-0.39, 0.29) is 0 Å². The van der Waals surface area contributed by atoms with Gasteiger partial charge in [0, 0.05) is 0 Å². The molecule has 0 fully saturated rings. The van der Waals surface area contributed by atoms with Gasteiger partial charge in [-0.3, -0.25) is 0 Å². The number of hydrogen-bond donors (Lipinski definition) is 1. The van der Waals surface area contributed by atoms with Crippen LogP contribution < -0.4 is 10.1 Å². The number of rotatable bonds is 8. The highest BCUT2D eigenvalue weighted by atomic mass is 16.5. The summed E-state index contributed by atoms with van der Waals surface area (Å²) in [5.41, 5.74) is 2.60. The zero-order chi connectivity index (χ0) is 14.8. The summed E-state index contributed by atoms with van der Waals surface area (Å²) >= 11 is 0. The molecule has 0 aliphatic heterocycles. The molecule has 0 radical (unpaired) electrons. The van der Waals surface area contributed by atoms with Crippen LogP contribution in [0.25, 0.3) is 6.08 Å². The smallest absolute Gasteiger partial charge is 0.118 e. The Kier molecular flexibility index (Phi) is 6.56. The Morgan fingerprint density at radius 2 is 1.71 bits per heavy atom. The summed E-state index contributed by atoms with van der Waals surface area (Å²) in [7, 11) is 1.69. The zero-order valence-electron chi connectivity index (χ0n) is 12.6. The molecule has 0 saturated heterocycles. The molecule has 0 spiro atoms. The summed E-state index contributed by atoms with van der Waals surface area (Å²) < 4.78 is 5.15. The van der Waals surface area contributed by atoms with Crippen molar-refractivity contribution in [3.05, 3.63) is 71.8 Å². The van der Waals surface area contributed by atoms with Crippen molar-refractivity contribution in [1.82, 2.24) is 5.32 Å². The van der Waals surface area contributed by atoms with Gasteiger partial charge in [-0.15, -0.1) is 0 Å². The first-order valence-electron chi connectivity index (χ1n) is 7.44. The average Bonchev–Trinajstić information content (AvgIpc) is 2.55. The Bertz CT molecular complexity index is 531. The molecule has 0 heterocycles. The lowest BCUT2D eigenvalue weighted by Crippen LogP contribution is -2.17. The van der Waals surface area contributed by atoms with Crippen molar-refractivity contribution in [3.63, 3.8) is 0 Å². The molecule has 0 atom stereocenters. The van der Waals surface area contributed by atoms with Gasteiger partial charge in [0.05, 0.1) is 7.11 Å². The van der Waals surface area contributed by atoms with Crippen molar-refractivity contribution in [1.29, 1.82) is 0 Å². The van der Waals surface area contributed by atoms with Crippen LogP contribution in [0.3, 0.4) is 0 Å². The molecular formula is C19H23NO. The number of nitrogens with one attached hydrogen (secondary N) is 1. The van der Waals surface area contributed by atoms with Gasteiger partial charge < -0.3 is 10.1 Å². The van der Waals surface area contributed by atoms with Gasteiger partial charge in [-0.1, -0.05) is 54.6 Å². The summed E-state index contributed by atoms with van der Waals surface area (Å²) in [6.07, 6.45) is 6.49. The van der Waals surface area contributed by atoms with Gasteiger partial charge in [-0.25, -0.2) is 0 Å². The maximum absolute atomic E-state index is 5.15. The van der Waals surface area contributed by atoms with E-state index in [0.29, 0.717) is 0 Å². The number of hydrogen-bond acceptors (Lipinski definition) is 2. The summed E-state index contributed by atoms with van der Waals surface area (Å²) in [6.45, 7) is 2.02. The minimum atomic E-state index is 0.915. The van der Waals surface area contributed by atoms with Crippen LogP contribution in [-0.2, 0) is 6.42 Å². The van der Waals surface area contributed by atoms with Crippen molar-refractivity contribution in [2.24, 2.45) is 0 Å². The van der Waals surface area contributed by atoms with Gasteiger partial charge in [-0.05, 0) is 49.2 Å². The second-order valence-electron chi connectivity index (χ2n) is 4.95. The van der Waals surface area contributed by atoms with E-state index in [2.05, 4.69) is 53.9 Å². The third-order valence-electron chi connectivity index (χ3n) is 3.35. The number of benzene rings is 2. The van der Waals surface area contributed by atoms with E-state index in [1.54, 1.807) is 7.11 Å². The fourth-order valence-electron chi connectivity index (χ4n) is 2.12. The van der Waals surface area contributed by atoms with Crippen LogP contribution in [0.15, 0.2) is 60.7 Å². The Labute approximate surface area is 127 Å². The molecule has 2 nitrogen and oxygen atoms in total. The Morgan fingerprint density at radius 1 is 0.952 bits per heavy atom. The Morgan fingerprint density at radius 3 is 2.43 bits per heavy atom. The second-order valence-corrected chi connectivity index (χ2v) is 4.95. The van der Waals surface area contributed by atoms with E-state index in [4.69, 9.17) is 4.74 Å². The van der Waals surface area contributed by atoms with Crippen LogP contribution in [-0.4, -0.2) is 20.2 Å². The molecule has 0 saturated carbocycles. The first-order valence-corrected chi connectivity index (χ1v) is 7.44. The predicted molar refractivity (Wildman–Crippen MR) is 89.7 cm³/mol. The lowest BCUT2D eigenvalue weighted by Gasteiger charge is -2.04. The predicted octanol–water partition coefficient (Wildman–Crippen LogP) is 3.93. The minimum absolute atomic E-state index is 0.915. The van der Waals surface area contributed by atoms with Gasteiger partial charge in [0.1, 0.15) is 5.75 Å². The van der Waals surface area contributed by atoms with Crippen LogP contribution in [0, 0.1) is 0 Å². The van der Waals surface area contributed by atoms with Gasteiger partial charge >= 0.3 is 0 Å². The highest BCUT2D eigenvalue weighted by Gasteiger charge is 1.94. The quantitative estimate of drug-likeness (QED) is 0.740. The molecule has 0 amide bonds. The molecule has 1 N–H and O–H groups in total. The van der Waals surface area contributed by atoms with Gasteiger partial charge in [0.15, 0.2) is 0 Å². The van der Waals surface area contributed by atoms with E-state index in [1.165, 1.54) is 11.1 Å². The van der Waals surface area contributed by atoms with Crippen molar-refractivity contribution < 1.29 is 4.74 Å². The first kappa shape index (κ1) is 15.3. The molecule has 110 valence electrons. The summed E-state index contributed by atoms with van der Waals surface area (Å²) in [5, 5.41) is 3.47. The topological polar surface area (TPSA) is 21.3 Å². The highest BCUT2D eigenvalue weighted by Crippen LogP contribution is 2.11. The van der Waals surface area contributed by atoms with Gasteiger partial charge in [-0.2, -0.15) is 0 Å². The molecule has 21 heavy (non-hydrogen) atoms. The molecule has 2 heteroatoms. The second kappa shape index (κ2) is 8.98. The molecule has 0 aromatic heterocycles. The molecule has 2 aromatic rings. The first-order chi connectivity index (χ1) is 10.4. The summed E-state index contributed by atoms with van der Waals surface area (Å²) in [6, 6.07) is 18.7. The Hall–Kier alpha value is -2.06. The van der Waals surface area contributed by atoms with Crippen LogP contribution >= 0.6 is 0 Å². The fraction of sp³-hybridized carbons (Fsp3) is 0.263. The van der Waals surface area contributed by atoms with E-state index in [1.807, 2.05) is 18.2 Å². The summed E-state index contributed by atoms with van der Waals surface area (Å²) in [5.74, 6) is 0.915. The maximum atomic E-state index is 5.15. The van der Waals surface area contributed by atoms with Gasteiger partial charge in [0.25, 0.3) is 0 Å². The number of methoxy groups -OCH3 is 1. The lowest BCUT2D eigenvalue weighted by molar-refractivity contribution is 0.414. The largest absolute Gasteiger partial charge is 0.497 e. The summed E-state index contributed by atoms with van der Waals surface area (Å²) in [4.78, 5) is 0. The normalized spacial score (nSPS) is 10.9. The van der Waals surface area contributed by atoms with E-state index >= 15 is 0 Å². The third kappa shape index (κ3) is 5.84. The molecule has 0 aliphatic rings. The molecule has 2 aromatic carbocycles. The SMILES string of the molecule is COc1ccc(CCNCC/C=C/c2ccccc2)cc1. The van der Waals surface area contributed by atoms with E-state index in [9.17, 15) is 0 Å². The van der Waals surface area contributed by atoms with Crippen LogP contribution in [0.2, 0.25) is 0 Å². The fourth-order valence-corrected chi connectivity index (χ4v) is 2.12. The Balaban J connectivity index is 1.58. The zero-order valence-corrected chi connectivity index (χ0v) is 12.6. The minimum Gasteiger partial charge on any atom is -0.497 e. The standard InChI is InChI=1S/C19H23NO/c1-21-19-12-10-18(11-13-19)14-16-20-15-6-5-9-17-7-3-2-4-8-17/h2-5,7-13,20H,6,14-16H2,1H3/b9-5+. The van der Waals surface area contributed by atoms with Crippen LogP contribution in [0.1, 0.15) is 17.5 Å². The van der Waals surface area contributed by atoms with Gasteiger partial charge in [0.2, 0.25) is 0 Å². The lowest BCUT2D eigenvalue weighted by atomic mass is 10.1. The molecule has 0 aliphatic carbocycles. The number of ether oxygens (including phenoxy) is 1. The maximum Gasteiger partial charge on any atom is 0.118 e. The molecule has 0 bridgehead atoms. The van der Waals surface area contributed by atoms with E-state index < -0.39 is 0 Å².